The zero-order chi connectivity index (χ0) is 13.7. The van der Waals surface area contributed by atoms with Gasteiger partial charge in [0, 0.05) is 6.04 Å². The quantitative estimate of drug-likeness (QED) is 0.765. The number of hydrogen-bond acceptors (Lipinski definition) is 7. The van der Waals surface area contributed by atoms with Crippen molar-refractivity contribution < 1.29 is 14.3 Å². The van der Waals surface area contributed by atoms with E-state index in [1.54, 1.807) is 6.92 Å². The van der Waals surface area contributed by atoms with E-state index >= 15 is 0 Å². The molecule has 0 amide bonds. The van der Waals surface area contributed by atoms with Gasteiger partial charge in [0.25, 0.3) is 5.19 Å². The first-order valence-electron chi connectivity index (χ1n) is 6.54. The van der Waals surface area contributed by atoms with Gasteiger partial charge in [0.1, 0.15) is 6.61 Å². The molecule has 1 saturated heterocycles. The van der Waals surface area contributed by atoms with Crippen molar-refractivity contribution >= 4 is 17.3 Å². The maximum absolute atomic E-state index is 11.4. The van der Waals surface area contributed by atoms with Gasteiger partial charge in [-0.3, -0.25) is 0 Å². The Bertz CT molecular complexity index is 424. The highest BCUT2D eigenvalue weighted by atomic mass is 32.1. The Balaban J connectivity index is 1.84. The van der Waals surface area contributed by atoms with Crippen molar-refractivity contribution in [3.63, 3.8) is 0 Å². The molecule has 0 bridgehead atoms. The van der Waals surface area contributed by atoms with Crippen LogP contribution in [0.25, 0.3) is 0 Å². The molecule has 0 aliphatic carbocycles. The van der Waals surface area contributed by atoms with E-state index in [9.17, 15) is 4.79 Å². The fourth-order valence-electron chi connectivity index (χ4n) is 2.07. The minimum atomic E-state index is -0.440. The number of nitrogens with zero attached hydrogens (tertiary/aromatic N) is 3. The lowest BCUT2D eigenvalue weighted by molar-refractivity contribution is 0.0525. The van der Waals surface area contributed by atoms with Crippen LogP contribution in [0.2, 0.25) is 0 Å². The number of aromatic nitrogens is 2. The van der Waals surface area contributed by atoms with Gasteiger partial charge in [-0.25, -0.2) is 4.79 Å². The standard InChI is InChI=1S/C12H19N3O3S/c1-3-17-11(16)10-13-14-12(19-10)18-8-9-6-4-5-7-15(9)2/h9H,3-8H2,1-2H3. The van der Waals surface area contributed by atoms with Crippen molar-refractivity contribution in [3.8, 4) is 5.19 Å². The normalized spacial score (nSPS) is 20.2. The number of carbonyl (C=O) groups is 1. The summed E-state index contributed by atoms with van der Waals surface area (Å²) in [6, 6.07) is 0.420. The first-order valence-corrected chi connectivity index (χ1v) is 7.36. The van der Waals surface area contributed by atoms with Crippen LogP contribution in [0.1, 0.15) is 36.0 Å². The fourth-order valence-corrected chi connectivity index (χ4v) is 2.66. The van der Waals surface area contributed by atoms with Gasteiger partial charge in [-0.1, -0.05) is 11.5 Å². The molecule has 0 N–H and O–H groups in total. The molecule has 19 heavy (non-hydrogen) atoms. The van der Waals surface area contributed by atoms with Gasteiger partial charge in [-0.15, -0.1) is 5.10 Å². The summed E-state index contributed by atoms with van der Waals surface area (Å²) in [6.45, 7) is 3.79. The monoisotopic (exact) mass is 285 g/mol. The predicted molar refractivity (Wildman–Crippen MR) is 71.6 cm³/mol. The molecule has 2 heterocycles. The van der Waals surface area contributed by atoms with Crippen LogP contribution in [0, 0.1) is 0 Å². The average molecular weight is 285 g/mol. The van der Waals surface area contributed by atoms with Gasteiger partial charge in [0.2, 0.25) is 5.01 Å². The fraction of sp³-hybridized carbons (Fsp3) is 0.750. The summed E-state index contributed by atoms with van der Waals surface area (Å²) >= 11 is 1.13. The summed E-state index contributed by atoms with van der Waals surface area (Å²) in [5.41, 5.74) is 0. The van der Waals surface area contributed by atoms with Gasteiger partial charge >= 0.3 is 5.97 Å². The highest BCUT2D eigenvalue weighted by Gasteiger charge is 2.21. The molecule has 0 aromatic carbocycles. The molecular formula is C12H19N3O3S. The lowest BCUT2D eigenvalue weighted by Crippen LogP contribution is -2.40. The zero-order valence-corrected chi connectivity index (χ0v) is 12.1. The molecule has 2 rings (SSSR count). The van der Waals surface area contributed by atoms with Gasteiger partial charge in [-0.05, 0) is 44.7 Å². The summed E-state index contributed by atoms with van der Waals surface area (Å²) in [4.78, 5) is 13.7. The Morgan fingerprint density at radius 1 is 1.47 bits per heavy atom. The summed E-state index contributed by atoms with van der Waals surface area (Å²) in [5.74, 6) is -0.440. The molecule has 1 aliphatic rings. The third kappa shape index (κ3) is 3.87. The van der Waals surface area contributed by atoms with E-state index in [1.165, 1.54) is 12.8 Å². The second kappa shape index (κ2) is 6.81. The number of ether oxygens (including phenoxy) is 2. The minimum absolute atomic E-state index is 0.244. The molecule has 0 saturated carbocycles. The van der Waals surface area contributed by atoms with Crippen molar-refractivity contribution in [2.75, 3.05) is 26.8 Å². The Hall–Kier alpha value is -1.21. The Morgan fingerprint density at radius 3 is 3.05 bits per heavy atom. The maximum atomic E-state index is 11.4. The van der Waals surface area contributed by atoms with E-state index in [4.69, 9.17) is 9.47 Å². The van der Waals surface area contributed by atoms with E-state index < -0.39 is 5.97 Å². The van der Waals surface area contributed by atoms with Crippen LogP contribution in [0.15, 0.2) is 0 Å². The van der Waals surface area contributed by atoms with Crippen LogP contribution in [0.4, 0.5) is 0 Å². The number of carbonyl (C=O) groups excluding carboxylic acids is 1. The van der Waals surface area contributed by atoms with E-state index in [2.05, 4.69) is 22.1 Å². The van der Waals surface area contributed by atoms with E-state index in [0.29, 0.717) is 24.4 Å². The minimum Gasteiger partial charge on any atom is -0.467 e. The molecule has 0 spiro atoms. The smallest absolute Gasteiger partial charge is 0.369 e. The number of esters is 1. The van der Waals surface area contributed by atoms with Gasteiger partial charge in [-0.2, -0.15) is 0 Å². The topological polar surface area (TPSA) is 64.5 Å². The van der Waals surface area contributed by atoms with Crippen molar-refractivity contribution in [1.29, 1.82) is 0 Å². The molecule has 1 fully saturated rings. The van der Waals surface area contributed by atoms with Crippen LogP contribution in [-0.2, 0) is 4.74 Å². The Morgan fingerprint density at radius 2 is 2.32 bits per heavy atom. The lowest BCUT2D eigenvalue weighted by Gasteiger charge is -2.31. The SMILES string of the molecule is CCOC(=O)c1nnc(OCC2CCCCN2C)s1. The van der Waals surface area contributed by atoms with Gasteiger partial charge < -0.3 is 14.4 Å². The van der Waals surface area contributed by atoms with E-state index in [-0.39, 0.29) is 5.01 Å². The van der Waals surface area contributed by atoms with Gasteiger partial charge in [0.15, 0.2) is 0 Å². The second-order valence-corrected chi connectivity index (χ2v) is 5.47. The van der Waals surface area contributed by atoms with Crippen LogP contribution >= 0.6 is 11.3 Å². The van der Waals surface area contributed by atoms with Crippen molar-refractivity contribution in [3.05, 3.63) is 5.01 Å². The van der Waals surface area contributed by atoms with Crippen molar-refractivity contribution in [2.24, 2.45) is 0 Å². The molecule has 1 aromatic rings. The third-order valence-corrected chi connectivity index (χ3v) is 3.99. The maximum Gasteiger partial charge on any atom is 0.369 e. The highest BCUT2D eigenvalue weighted by molar-refractivity contribution is 7.14. The van der Waals surface area contributed by atoms with Crippen LogP contribution in [0.3, 0.4) is 0 Å². The van der Waals surface area contributed by atoms with Crippen LogP contribution in [-0.4, -0.2) is 53.9 Å². The summed E-state index contributed by atoms with van der Waals surface area (Å²) in [5, 5.41) is 8.31. The van der Waals surface area contributed by atoms with Gasteiger partial charge in [0.05, 0.1) is 6.61 Å². The van der Waals surface area contributed by atoms with E-state index in [0.717, 1.165) is 24.3 Å². The van der Waals surface area contributed by atoms with Crippen LogP contribution in [0.5, 0.6) is 5.19 Å². The second-order valence-electron chi connectivity index (χ2n) is 4.53. The van der Waals surface area contributed by atoms with Crippen LogP contribution < -0.4 is 4.74 Å². The molecule has 0 radical (unpaired) electrons. The van der Waals surface area contributed by atoms with E-state index in [1.807, 2.05) is 0 Å². The first-order chi connectivity index (χ1) is 9.20. The summed E-state index contributed by atoms with van der Waals surface area (Å²) in [6.07, 6.45) is 3.63. The molecule has 1 atom stereocenters. The average Bonchev–Trinajstić information content (AvgIpc) is 2.87. The molecule has 106 valence electrons. The number of piperidine rings is 1. The first kappa shape index (κ1) is 14.2. The Kier molecular flexibility index (Phi) is 5.09. The molecule has 1 unspecified atom stereocenters. The predicted octanol–water partition coefficient (Wildman–Crippen LogP) is 1.58. The summed E-state index contributed by atoms with van der Waals surface area (Å²) in [7, 11) is 2.11. The number of likely N-dealkylation sites (N-methyl/N-ethyl adjacent to an activating group) is 1. The number of hydrogen-bond donors (Lipinski definition) is 0. The highest BCUT2D eigenvalue weighted by Crippen LogP contribution is 2.21. The lowest BCUT2D eigenvalue weighted by atomic mass is 10.0. The molecule has 1 aromatic heterocycles. The Labute approximate surface area is 116 Å². The molecular weight excluding hydrogens is 266 g/mol. The number of likely N-dealkylation sites (tertiary alicyclic amines) is 1. The van der Waals surface area contributed by atoms with Crippen molar-refractivity contribution in [1.82, 2.24) is 15.1 Å². The number of rotatable bonds is 5. The van der Waals surface area contributed by atoms with Crippen molar-refractivity contribution in [2.45, 2.75) is 32.2 Å². The third-order valence-electron chi connectivity index (χ3n) is 3.18. The molecule has 7 heteroatoms. The molecule has 6 nitrogen and oxygen atoms in total. The zero-order valence-electron chi connectivity index (χ0n) is 11.3. The molecule has 1 aliphatic heterocycles. The summed E-state index contributed by atoms with van der Waals surface area (Å²) < 4.78 is 10.5. The largest absolute Gasteiger partial charge is 0.467 e.